The number of esters is 1. The first-order chi connectivity index (χ1) is 10.6. The Labute approximate surface area is 142 Å². The van der Waals surface area contributed by atoms with Crippen LogP contribution in [0.2, 0.25) is 0 Å². The average molecular weight is 349 g/mol. The average Bonchev–Trinajstić information content (AvgIpc) is 2.49. The van der Waals surface area contributed by atoms with E-state index in [1.54, 1.807) is 13.8 Å². The smallest absolute Gasteiger partial charge is 0.311 e. The van der Waals surface area contributed by atoms with Gasteiger partial charge >= 0.3 is 11.9 Å². The summed E-state index contributed by atoms with van der Waals surface area (Å²) in [5.74, 6) is -1.45. The van der Waals surface area contributed by atoms with E-state index in [1.807, 2.05) is 6.92 Å². The Hall–Kier alpha value is -1.28. The van der Waals surface area contributed by atoms with Gasteiger partial charge in [-0.2, -0.15) is 12.6 Å². The Bertz CT molecular complexity index is 413. The van der Waals surface area contributed by atoms with Crippen molar-refractivity contribution >= 4 is 30.5 Å². The Morgan fingerprint density at radius 2 is 1.87 bits per heavy atom. The Kier molecular flexibility index (Phi) is 9.90. The Balaban J connectivity index is 4.44. The molecular formula is C15H27NO6S. The number of carbonyl (C=O) groups is 3. The van der Waals surface area contributed by atoms with Gasteiger partial charge in [0.25, 0.3) is 0 Å². The lowest BCUT2D eigenvalue weighted by atomic mass is 9.91. The van der Waals surface area contributed by atoms with Crippen molar-refractivity contribution in [2.24, 2.45) is 5.41 Å². The molecule has 0 spiro atoms. The third kappa shape index (κ3) is 8.80. The van der Waals surface area contributed by atoms with Gasteiger partial charge in [-0.25, -0.2) is 0 Å². The predicted molar refractivity (Wildman–Crippen MR) is 88.3 cm³/mol. The van der Waals surface area contributed by atoms with Gasteiger partial charge in [-0.3, -0.25) is 14.4 Å². The first-order valence-electron chi connectivity index (χ1n) is 7.59. The topological polar surface area (TPSA) is 104 Å². The molecule has 0 bridgehead atoms. The second kappa shape index (κ2) is 10.5. The van der Waals surface area contributed by atoms with Crippen LogP contribution in [0.4, 0.5) is 0 Å². The first-order valence-corrected chi connectivity index (χ1v) is 8.23. The number of thiol groups is 1. The van der Waals surface area contributed by atoms with E-state index in [9.17, 15) is 19.5 Å². The van der Waals surface area contributed by atoms with Crippen molar-refractivity contribution in [2.75, 3.05) is 25.4 Å². The van der Waals surface area contributed by atoms with E-state index in [0.29, 0.717) is 12.2 Å². The highest BCUT2D eigenvalue weighted by Gasteiger charge is 2.28. The van der Waals surface area contributed by atoms with Crippen LogP contribution in [0.3, 0.4) is 0 Å². The van der Waals surface area contributed by atoms with Crippen molar-refractivity contribution in [1.82, 2.24) is 4.90 Å². The van der Waals surface area contributed by atoms with Crippen LogP contribution in [0.25, 0.3) is 0 Å². The molecule has 1 atom stereocenters. The number of aliphatic hydroxyl groups is 1. The van der Waals surface area contributed by atoms with Crippen LogP contribution >= 0.6 is 12.6 Å². The highest BCUT2D eigenvalue weighted by atomic mass is 32.1. The number of rotatable bonds is 11. The molecule has 0 aliphatic rings. The summed E-state index contributed by atoms with van der Waals surface area (Å²) in [7, 11) is 0. The second-order valence-electron chi connectivity index (χ2n) is 5.95. The molecule has 0 fully saturated rings. The van der Waals surface area contributed by atoms with E-state index in [-0.39, 0.29) is 38.4 Å². The van der Waals surface area contributed by atoms with E-state index in [2.05, 4.69) is 12.6 Å². The molecule has 0 saturated heterocycles. The third-order valence-electron chi connectivity index (χ3n) is 3.55. The van der Waals surface area contributed by atoms with Gasteiger partial charge in [0.2, 0.25) is 5.91 Å². The van der Waals surface area contributed by atoms with Crippen molar-refractivity contribution in [2.45, 2.75) is 46.1 Å². The minimum Gasteiger partial charge on any atom is -0.481 e. The summed E-state index contributed by atoms with van der Waals surface area (Å²) in [6, 6.07) is 0. The lowest BCUT2D eigenvalue weighted by Gasteiger charge is -2.26. The molecule has 1 unspecified atom stereocenters. The maximum atomic E-state index is 11.9. The van der Waals surface area contributed by atoms with Crippen molar-refractivity contribution in [3.05, 3.63) is 0 Å². The minimum absolute atomic E-state index is 0.0289. The van der Waals surface area contributed by atoms with Gasteiger partial charge in [0, 0.05) is 25.3 Å². The van der Waals surface area contributed by atoms with Gasteiger partial charge in [-0.05, 0) is 20.3 Å². The molecule has 2 N–H and O–H groups in total. The number of hydrogen-bond donors (Lipinski definition) is 3. The molecule has 0 saturated carbocycles. The van der Waals surface area contributed by atoms with Crippen molar-refractivity contribution in [1.29, 1.82) is 0 Å². The molecule has 0 aromatic heterocycles. The van der Waals surface area contributed by atoms with Gasteiger partial charge in [0.1, 0.15) is 12.7 Å². The van der Waals surface area contributed by atoms with Gasteiger partial charge in [0.05, 0.1) is 11.8 Å². The van der Waals surface area contributed by atoms with E-state index in [1.165, 1.54) is 4.90 Å². The molecule has 0 aromatic rings. The fourth-order valence-corrected chi connectivity index (χ4v) is 1.87. The molecule has 1 amide bonds. The molecule has 134 valence electrons. The summed E-state index contributed by atoms with van der Waals surface area (Å²) < 4.78 is 5.08. The number of carboxylic acid groups (broad SMARTS) is 1. The fourth-order valence-electron chi connectivity index (χ4n) is 1.63. The lowest BCUT2D eigenvalue weighted by molar-refractivity contribution is -0.157. The van der Waals surface area contributed by atoms with Crippen molar-refractivity contribution in [3.63, 3.8) is 0 Å². The molecule has 0 aliphatic heterocycles. The molecule has 0 aromatic carbocycles. The largest absolute Gasteiger partial charge is 0.481 e. The molecule has 0 rings (SSSR count). The summed E-state index contributed by atoms with van der Waals surface area (Å²) in [4.78, 5) is 35.6. The van der Waals surface area contributed by atoms with Crippen LogP contribution < -0.4 is 0 Å². The zero-order chi connectivity index (χ0) is 18.0. The number of ether oxygens (including phenoxy) is 1. The number of carbonyl (C=O) groups excluding carboxylic acids is 2. The number of aliphatic carboxylic acids is 1. The van der Waals surface area contributed by atoms with Crippen LogP contribution in [0.5, 0.6) is 0 Å². The quantitative estimate of drug-likeness (QED) is 0.379. The zero-order valence-corrected chi connectivity index (χ0v) is 14.8. The standard InChI is InChI=1S/C15H27NO6S/c1-4-15(2,3)14(21)22-10-11(17)9-16(7-8-23)12(18)5-6-13(19)20/h11,17,23H,4-10H2,1-3H3,(H,19,20). The molecule has 0 aliphatic carbocycles. The zero-order valence-electron chi connectivity index (χ0n) is 13.9. The number of nitrogens with zero attached hydrogens (tertiary/aromatic N) is 1. The van der Waals surface area contributed by atoms with Crippen LogP contribution in [0.15, 0.2) is 0 Å². The third-order valence-corrected chi connectivity index (χ3v) is 3.75. The molecular weight excluding hydrogens is 322 g/mol. The summed E-state index contributed by atoms with van der Waals surface area (Å²) >= 11 is 4.04. The normalized spacial score (nSPS) is 12.6. The van der Waals surface area contributed by atoms with Crippen LogP contribution in [0.1, 0.15) is 40.0 Å². The molecule has 8 heteroatoms. The maximum Gasteiger partial charge on any atom is 0.311 e. The SMILES string of the molecule is CCC(C)(C)C(=O)OCC(O)CN(CCS)C(=O)CCC(=O)O. The summed E-state index contributed by atoms with van der Waals surface area (Å²) in [5.41, 5.74) is -0.623. The van der Waals surface area contributed by atoms with Crippen molar-refractivity contribution < 1.29 is 29.3 Å². The number of amides is 1. The van der Waals surface area contributed by atoms with Gasteiger partial charge in [-0.15, -0.1) is 0 Å². The van der Waals surface area contributed by atoms with E-state index >= 15 is 0 Å². The van der Waals surface area contributed by atoms with Gasteiger partial charge in [-0.1, -0.05) is 6.92 Å². The summed E-state index contributed by atoms with van der Waals surface area (Å²) in [6.45, 7) is 5.42. The highest BCUT2D eigenvalue weighted by Crippen LogP contribution is 2.21. The highest BCUT2D eigenvalue weighted by molar-refractivity contribution is 7.80. The minimum atomic E-state index is -1.06. The predicted octanol–water partition coefficient (Wildman–Crippen LogP) is 0.950. The van der Waals surface area contributed by atoms with Crippen molar-refractivity contribution in [3.8, 4) is 0 Å². The number of aliphatic hydroxyl groups excluding tert-OH is 1. The maximum absolute atomic E-state index is 11.9. The van der Waals surface area contributed by atoms with Crippen LogP contribution in [-0.4, -0.2) is 64.5 Å². The van der Waals surface area contributed by atoms with E-state index in [0.717, 1.165) is 0 Å². The van der Waals surface area contributed by atoms with E-state index < -0.39 is 23.5 Å². The van der Waals surface area contributed by atoms with Gasteiger partial charge < -0.3 is 19.8 Å². The molecule has 0 heterocycles. The molecule has 7 nitrogen and oxygen atoms in total. The van der Waals surface area contributed by atoms with Crippen LogP contribution in [0, 0.1) is 5.41 Å². The summed E-state index contributed by atoms with van der Waals surface area (Å²) in [6.07, 6.45) is -0.822. The van der Waals surface area contributed by atoms with E-state index in [4.69, 9.17) is 9.84 Å². The number of hydrogen-bond acceptors (Lipinski definition) is 6. The van der Waals surface area contributed by atoms with Gasteiger partial charge in [0.15, 0.2) is 0 Å². The first kappa shape index (κ1) is 21.7. The number of carboxylic acids is 1. The second-order valence-corrected chi connectivity index (χ2v) is 6.39. The Morgan fingerprint density at radius 3 is 2.35 bits per heavy atom. The van der Waals surface area contributed by atoms with Crippen LogP contribution in [-0.2, 0) is 19.1 Å². The summed E-state index contributed by atoms with van der Waals surface area (Å²) in [5, 5.41) is 18.6. The lowest BCUT2D eigenvalue weighted by Crippen LogP contribution is -2.41. The monoisotopic (exact) mass is 349 g/mol. The molecule has 0 radical (unpaired) electrons. The fraction of sp³-hybridized carbons (Fsp3) is 0.800. The molecule has 23 heavy (non-hydrogen) atoms. The Morgan fingerprint density at radius 1 is 1.26 bits per heavy atom.